The quantitative estimate of drug-likeness (QED) is 0.721. The first-order valence-corrected chi connectivity index (χ1v) is 7.94. The van der Waals surface area contributed by atoms with E-state index in [0.717, 1.165) is 23.3 Å². The number of alkyl halides is 3. The molecular formula is C20H20F3NO2. The van der Waals surface area contributed by atoms with Gasteiger partial charge in [0.2, 0.25) is 5.91 Å². The number of ether oxygens (including phenoxy) is 1. The molecule has 0 saturated carbocycles. The molecule has 0 fully saturated rings. The number of carbonyl (C=O) groups is 1. The van der Waals surface area contributed by atoms with Gasteiger partial charge in [-0.3, -0.25) is 4.79 Å². The second-order valence-electron chi connectivity index (χ2n) is 5.97. The molecule has 2 aromatic carbocycles. The number of halogens is 3. The van der Waals surface area contributed by atoms with Gasteiger partial charge in [-0.15, -0.1) is 0 Å². The van der Waals surface area contributed by atoms with Gasteiger partial charge in [0.1, 0.15) is 5.75 Å². The number of carbonyl (C=O) groups excluding carboxylic acids is 1. The Morgan fingerprint density at radius 1 is 1.19 bits per heavy atom. The summed E-state index contributed by atoms with van der Waals surface area (Å²) in [4.78, 5) is 13.7. The molecule has 26 heavy (non-hydrogen) atoms. The number of rotatable bonds is 5. The summed E-state index contributed by atoms with van der Waals surface area (Å²) in [6.45, 7) is 2.27. The van der Waals surface area contributed by atoms with Crippen LogP contribution < -0.4 is 4.74 Å². The molecule has 0 unspecified atom stereocenters. The molecule has 0 aliphatic heterocycles. The van der Waals surface area contributed by atoms with Crippen LogP contribution in [0.2, 0.25) is 0 Å². The van der Waals surface area contributed by atoms with Gasteiger partial charge >= 0.3 is 6.18 Å². The van der Waals surface area contributed by atoms with Gasteiger partial charge in [0.15, 0.2) is 0 Å². The van der Waals surface area contributed by atoms with Crippen LogP contribution in [0.5, 0.6) is 5.75 Å². The van der Waals surface area contributed by atoms with Crippen molar-refractivity contribution in [3.63, 3.8) is 0 Å². The highest BCUT2D eigenvalue weighted by Gasteiger charge is 2.30. The minimum Gasteiger partial charge on any atom is -0.496 e. The first-order chi connectivity index (χ1) is 12.2. The molecule has 2 rings (SSSR count). The highest BCUT2D eigenvalue weighted by atomic mass is 19.4. The number of hydrogen-bond acceptors (Lipinski definition) is 2. The molecule has 0 bridgehead atoms. The number of nitrogens with zero attached hydrogens (tertiary/aromatic N) is 1. The van der Waals surface area contributed by atoms with Crippen molar-refractivity contribution in [3.8, 4) is 5.75 Å². The predicted molar refractivity (Wildman–Crippen MR) is 94.7 cm³/mol. The SMILES string of the molecule is COc1ccc(C)cc1CN(C)C(=O)/C=C/c1cccc(C(F)(F)F)c1. The monoisotopic (exact) mass is 363 g/mol. The van der Waals surface area contributed by atoms with Gasteiger partial charge in [0, 0.05) is 25.2 Å². The highest BCUT2D eigenvalue weighted by molar-refractivity contribution is 5.91. The molecule has 0 spiro atoms. The smallest absolute Gasteiger partial charge is 0.416 e. The van der Waals surface area contributed by atoms with Crippen LogP contribution in [-0.2, 0) is 17.5 Å². The fraction of sp³-hybridized carbons (Fsp3) is 0.250. The summed E-state index contributed by atoms with van der Waals surface area (Å²) in [5.74, 6) is 0.364. The molecule has 0 aliphatic rings. The number of amides is 1. The first kappa shape index (κ1) is 19.6. The lowest BCUT2D eigenvalue weighted by molar-refractivity contribution is -0.137. The van der Waals surface area contributed by atoms with Crippen molar-refractivity contribution in [2.24, 2.45) is 0 Å². The van der Waals surface area contributed by atoms with Gasteiger partial charge in [-0.1, -0.05) is 29.8 Å². The molecule has 3 nitrogen and oxygen atoms in total. The molecule has 0 radical (unpaired) electrons. The van der Waals surface area contributed by atoms with Crippen LogP contribution in [0.25, 0.3) is 6.08 Å². The van der Waals surface area contributed by atoms with Crippen LogP contribution in [-0.4, -0.2) is 25.0 Å². The number of aryl methyl sites for hydroxylation is 1. The molecule has 0 atom stereocenters. The van der Waals surface area contributed by atoms with Crippen LogP contribution in [0.1, 0.15) is 22.3 Å². The van der Waals surface area contributed by atoms with E-state index in [1.54, 1.807) is 14.2 Å². The van der Waals surface area contributed by atoms with Crippen molar-refractivity contribution in [2.45, 2.75) is 19.6 Å². The van der Waals surface area contributed by atoms with E-state index in [2.05, 4.69) is 0 Å². The average Bonchev–Trinajstić information content (AvgIpc) is 2.59. The number of benzene rings is 2. The highest BCUT2D eigenvalue weighted by Crippen LogP contribution is 2.29. The van der Waals surface area contributed by atoms with E-state index in [-0.39, 0.29) is 5.91 Å². The van der Waals surface area contributed by atoms with E-state index in [9.17, 15) is 18.0 Å². The molecule has 0 heterocycles. The molecule has 2 aromatic rings. The van der Waals surface area contributed by atoms with Gasteiger partial charge in [-0.25, -0.2) is 0 Å². The maximum atomic E-state index is 12.7. The number of likely N-dealkylation sites (N-methyl/N-ethyl adjacent to an activating group) is 1. The van der Waals surface area contributed by atoms with Crippen molar-refractivity contribution < 1.29 is 22.7 Å². The van der Waals surface area contributed by atoms with E-state index in [0.29, 0.717) is 17.9 Å². The van der Waals surface area contributed by atoms with Gasteiger partial charge in [-0.05, 0) is 36.8 Å². The lowest BCUT2D eigenvalue weighted by Crippen LogP contribution is -2.24. The fourth-order valence-corrected chi connectivity index (χ4v) is 2.48. The Bertz CT molecular complexity index is 813. The largest absolute Gasteiger partial charge is 0.496 e. The lowest BCUT2D eigenvalue weighted by atomic mass is 10.1. The second-order valence-corrected chi connectivity index (χ2v) is 5.97. The summed E-state index contributed by atoms with van der Waals surface area (Å²) < 4.78 is 43.5. The van der Waals surface area contributed by atoms with Crippen LogP contribution in [0.4, 0.5) is 13.2 Å². The van der Waals surface area contributed by atoms with Crippen LogP contribution >= 0.6 is 0 Å². The van der Waals surface area contributed by atoms with Crippen molar-refractivity contribution in [1.29, 1.82) is 0 Å². The third kappa shape index (κ3) is 5.12. The molecular weight excluding hydrogens is 343 g/mol. The molecule has 6 heteroatoms. The van der Waals surface area contributed by atoms with Gasteiger partial charge < -0.3 is 9.64 Å². The summed E-state index contributed by atoms with van der Waals surface area (Å²) in [6, 6.07) is 10.5. The lowest BCUT2D eigenvalue weighted by Gasteiger charge is -2.17. The first-order valence-electron chi connectivity index (χ1n) is 7.94. The van der Waals surface area contributed by atoms with E-state index < -0.39 is 11.7 Å². The normalized spacial score (nSPS) is 11.6. The summed E-state index contributed by atoms with van der Waals surface area (Å²) in [5.41, 5.74) is 1.47. The van der Waals surface area contributed by atoms with E-state index >= 15 is 0 Å². The molecule has 138 valence electrons. The topological polar surface area (TPSA) is 29.5 Å². The maximum absolute atomic E-state index is 12.7. The Kier molecular flexibility index (Phi) is 6.08. The Balaban J connectivity index is 2.10. The van der Waals surface area contributed by atoms with Crippen molar-refractivity contribution in [3.05, 3.63) is 70.8 Å². The molecule has 1 amide bonds. The van der Waals surface area contributed by atoms with E-state index in [1.807, 2.05) is 25.1 Å². The summed E-state index contributed by atoms with van der Waals surface area (Å²) >= 11 is 0. The summed E-state index contributed by atoms with van der Waals surface area (Å²) in [6.07, 6.45) is -1.77. The van der Waals surface area contributed by atoms with Gasteiger partial charge in [-0.2, -0.15) is 13.2 Å². The van der Waals surface area contributed by atoms with Crippen molar-refractivity contribution >= 4 is 12.0 Å². The average molecular weight is 363 g/mol. The Morgan fingerprint density at radius 3 is 2.58 bits per heavy atom. The standard InChI is InChI=1S/C20H20F3NO2/c1-14-7-9-18(26-3)16(11-14)13-24(2)19(25)10-8-15-5-4-6-17(12-15)20(21,22)23/h4-12H,13H2,1-3H3/b10-8+. The zero-order chi connectivity index (χ0) is 19.3. The van der Waals surface area contributed by atoms with Crippen LogP contribution in [0, 0.1) is 6.92 Å². The fourth-order valence-electron chi connectivity index (χ4n) is 2.48. The third-order valence-electron chi connectivity index (χ3n) is 3.85. The Hall–Kier alpha value is -2.76. The summed E-state index contributed by atoms with van der Waals surface area (Å²) in [7, 11) is 3.18. The number of methoxy groups -OCH3 is 1. The molecule has 0 aromatic heterocycles. The Morgan fingerprint density at radius 2 is 1.92 bits per heavy atom. The minimum atomic E-state index is -4.41. The number of hydrogen-bond donors (Lipinski definition) is 0. The van der Waals surface area contributed by atoms with E-state index in [1.165, 1.54) is 29.2 Å². The zero-order valence-corrected chi connectivity index (χ0v) is 14.8. The van der Waals surface area contributed by atoms with Crippen LogP contribution in [0.3, 0.4) is 0 Å². The van der Waals surface area contributed by atoms with Gasteiger partial charge in [0.05, 0.1) is 12.7 Å². The molecule has 0 aliphatic carbocycles. The minimum absolute atomic E-state index is 0.314. The molecule has 0 saturated heterocycles. The maximum Gasteiger partial charge on any atom is 0.416 e. The third-order valence-corrected chi connectivity index (χ3v) is 3.85. The van der Waals surface area contributed by atoms with Crippen molar-refractivity contribution in [2.75, 3.05) is 14.2 Å². The second kappa shape index (κ2) is 8.08. The van der Waals surface area contributed by atoms with E-state index in [4.69, 9.17) is 4.74 Å². The van der Waals surface area contributed by atoms with Crippen molar-refractivity contribution in [1.82, 2.24) is 4.90 Å². The van der Waals surface area contributed by atoms with Gasteiger partial charge in [0.25, 0.3) is 0 Å². The Labute approximate surface area is 150 Å². The van der Waals surface area contributed by atoms with Crippen LogP contribution in [0.15, 0.2) is 48.5 Å². The zero-order valence-electron chi connectivity index (χ0n) is 14.8. The summed E-state index contributed by atoms with van der Waals surface area (Å²) in [5, 5.41) is 0. The predicted octanol–water partition coefficient (Wildman–Crippen LogP) is 4.69. The molecule has 0 N–H and O–H groups in total.